The van der Waals surface area contributed by atoms with E-state index in [0.29, 0.717) is 38.3 Å². The van der Waals surface area contributed by atoms with Crippen molar-refractivity contribution in [1.82, 2.24) is 14.8 Å². The number of Topliss-reactive ketones (excluding diaryl/α,β-unsaturated/α-hetero) is 1. The lowest BCUT2D eigenvalue weighted by molar-refractivity contribution is 0.0537. The quantitative estimate of drug-likeness (QED) is 0.797. The van der Waals surface area contributed by atoms with Crippen molar-refractivity contribution < 1.29 is 13.9 Å². The first-order valence-electron chi connectivity index (χ1n) is 8.65. The minimum atomic E-state index is -1.16. The van der Waals surface area contributed by atoms with E-state index in [9.17, 15) is 9.18 Å². The van der Waals surface area contributed by atoms with Gasteiger partial charge in [0.05, 0.1) is 6.04 Å². The van der Waals surface area contributed by atoms with Crippen LogP contribution < -0.4 is 0 Å². The summed E-state index contributed by atoms with van der Waals surface area (Å²) in [5.74, 6) is 0.296. The Morgan fingerprint density at radius 2 is 2.17 bits per heavy atom. The number of alkyl halides is 1. The Morgan fingerprint density at radius 3 is 2.88 bits per heavy atom. The van der Waals surface area contributed by atoms with Gasteiger partial charge < -0.3 is 4.74 Å². The van der Waals surface area contributed by atoms with Gasteiger partial charge in [-0.1, -0.05) is 31.2 Å². The SMILES string of the molecule is CC1([C@@H]2C[C@H](F)c3nc(C(=O)C4CCOCC4)nn32)C=CC=CC1. The van der Waals surface area contributed by atoms with Gasteiger partial charge in [0.2, 0.25) is 11.6 Å². The Balaban J connectivity index is 1.62. The third-order valence-electron chi connectivity index (χ3n) is 5.52. The van der Waals surface area contributed by atoms with Gasteiger partial charge in [-0.25, -0.2) is 14.1 Å². The molecule has 24 heavy (non-hydrogen) atoms. The molecule has 1 aliphatic carbocycles. The maximum Gasteiger partial charge on any atom is 0.217 e. The molecule has 1 aromatic rings. The normalized spacial score (nSPS) is 32.9. The van der Waals surface area contributed by atoms with E-state index >= 15 is 0 Å². The van der Waals surface area contributed by atoms with Crippen molar-refractivity contribution in [1.29, 1.82) is 0 Å². The highest BCUT2D eigenvalue weighted by molar-refractivity contribution is 5.94. The van der Waals surface area contributed by atoms with Crippen molar-refractivity contribution >= 4 is 5.78 Å². The molecule has 0 amide bonds. The summed E-state index contributed by atoms with van der Waals surface area (Å²) in [5.41, 5.74) is -0.197. The largest absolute Gasteiger partial charge is 0.381 e. The third kappa shape index (κ3) is 2.53. The number of halogens is 1. The van der Waals surface area contributed by atoms with Crippen LogP contribution in [-0.2, 0) is 4.74 Å². The summed E-state index contributed by atoms with van der Waals surface area (Å²) in [4.78, 5) is 16.9. The van der Waals surface area contributed by atoms with Crippen molar-refractivity contribution in [2.45, 2.75) is 44.8 Å². The maximum absolute atomic E-state index is 14.5. The summed E-state index contributed by atoms with van der Waals surface area (Å²) in [6.45, 7) is 3.29. The summed E-state index contributed by atoms with van der Waals surface area (Å²) < 4.78 is 21.5. The van der Waals surface area contributed by atoms with Gasteiger partial charge in [-0.2, -0.15) is 0 Å². The van der Waals surface area contributed by atoms with Gasteiger partial charge in [-0.15, -0.1) is 5.10 Å². The molecule has 5 nitrogen and oxygen atoms in total. The number of allylic oxidation sites excluding steroid dienone is 4. The second-order valence-electron chi connectivity index (χ2n) is 7.21. The first-order valence-corrected chi connectivity index (χ1v) is 8.65. The summed E-state index contributed by atoms with van der Waals surface area (Å²) in [7, 11) is 0. The number of ketones is 1. The predicted octanol–water partition coefficient (Wildman–Crippen LogP) is 3.37. The zero-order chi connectivity index (χ0) is 16.7. The minimum Gasteiger partial charge on any atom is -0.381 e. The van der Waals surface area contributed by atoms with E-state index in [2.05, 4.69) is 29.2 Å². The highest BCUT2D eigenvalue weighted by Gasteiger charge is 2.44. The molecule has 3 atom stereocenters. The first-order chi connectivity index (χ1) is 11.6. The molecule has 0 radical (unpaired) electrons. The third-order valence-corrected chi connectivity index (χ3v) is 5.52. The standard InChI is InChI=1S/C18H22FN3O2/c1-18(7-3-2-4-8-18)14-11-13(19)17-20-16(21-22(14)17)15(23)12-5-9-24-10-6-12/h2-4,7,12-14H,5-6,8-11H2,1H3/t13-,14-,18?/m0/s1. The Labute approximate surface area is 140 Å². The fourth-order valence-electron chi connectivity index (χ4n) is 3.97. The molecule has 0 aromatic carbocycles. The Hall–Kier alpha value is -1.82. The van der Waals surface area contributed by atoms with E-state index in [1.54, 1.807) is 4.68 Å². The van der Waals surface area contributed by atoms with Crippen molar-refractivity contribution in [3.8, 4) is 0 Å². The van der Waals surface area contributed by atoms with Crippen LogP contribution in [0.2, 0.25) is 0 Å². The molecule has 4 rings (SSSR count). The average Bonchev–Trinajstić information content (AvgIpc) is 3.17. The van der Waals surface area contributed by atoms with Crippen LogP contribution in [0.3, 0.4) is 0 Å². The van der Waals surface area contributed by atoms with Gasteiger partial charge in [0.25, 0.3) is 0 Å². The topological polar surface area (TPSA) is 57.0 Å². The minimum absolute atomic E-state index is 0.0737. The van der Waals surface area contributed by atoms with Gasteiger partial charge in [-0.3, -0.25) is 4.79 Å². The molecular formula is C18H22FN3O2. The molecule has 2 aliphatic heterocycles. The molecule has 1 unspecified atom stereocenters. The molecule has 3 heterocycles. The number of rotatable bonds is 3. The second kappa shape index (κ2) is 5.92. The highest BCUT2D eigenvalue weighted by atomic mass is 19.1. The first kappa shape index (κ1) is 15.7. The van der Waals surface area contributed by atoms with Gasteiger partial charge >= 0.3 is 0 Å². The zero-order valence-corrected chi connectivity index (χ0v) is 13.8. The zero-order valence-electron chi connectivity index (χ0n) is 13.8. The lowest BCUT2D eigenvalue weighted by atomic mass is 9.76. The summed E-state index contributed by atoms with van der Waals surface area (Å²) >= 11 is 0. The molecule has 1 fully saturated rings. The second-order valence-corrected chi connectivity index (χ2v) is 7.21. The number of ether oxygens (including phenoxy) is 1. The number of aromatic nitrogens is 3. The molecular weight excluding hydrogens is 309 g/mol. The van der Waals surface area contributed by atoms with Gasteiger partial charge in [-0.05, 0) is 19.3 Å². The monoisotopic (exact) mass is 331 g/mol. The van der Waals surface area contributed by atoms with E-state index in [4.69, 9.17) is 4.74 Å². The van der Waals surface area contributed by atoms with Gasteiger partial charge in [0, 0.05) is 31.0 Å². The number of carbonyl (C=O) groups excluding carboxylic acids is 1. The lowest BCUT2D eigenvalue weighted by Gasteiger charge is -2.33. The molecule has 6 heteroatoms. The fourth-order valence-corrected chi connectivity index (χ4v) is 3.97. The Kier molecular flexibility index (Phi) is 3.87. The number of fused-ring (bicyclic) bond motifs is 1. The van der Waals surface area contributed by atoms with E-state index < -0.39 is 6.17 Å². The lowest BCUT2D eigenvalue weighted by Crippen LogP contribution is -2.28. The summed E-state index contributed by atoms with van der Waals surface area (Å²) in [5, 5.41) is 4.44. The number of carbonyl (C=O) groups is 1. The number of hydrogen-bond acceptors (Lipinski definition) is 4. The van der Waals surface area contributed by atoms with E-state index in [0.717, 1.165) is 6.42 Å². The summed E-state index contributed by atoms with van der Waals surface area (Å²) in [6, 6.07) is -0.104. The van der Waals surface area contributed by atoms with E-state index in [1.165, 1.54) is 0 Å². The fraction of sp³-hybridized carbons (Fsp3) is 0.611. The number of hydrogen-bond donors (Lipinski definition) is 0. The number of nitrogens with zero attached hydrogens (tertiary/aromatic N) is 3. The summed E-state index contributed by atoms with van der Waals surface area (Å²) in [6.07, 6.45) is 9.64. The van der Waals surface area contributed by atoms with Crippen LogP contribution in [0.4, 0.5) is 4.39 Å². The van der Waals surface area contributed by atoms with Gasteiger partial charge in [0.1, 0.15) is 0 Å². The van der Waals surface area contributed by atoms with Crippen LogP contribution in [0.1, 0.15) is 61.3 Å². The molecule has 3 aliphatic rings. The van der Waals surface area contributed by atoms with Crippen LogP contribution in [-0.4, -0.2) is 33.8 Å². The molecule has 0 spiro atoms. The van der Waals surface area contributed by atoms with Crippen LogP contribution in [0.5, 0.6) is 0 Å². The molecule has 1 saturated heterocycles. The van der Waals surface area contributed by atoms with E-state index in [1.807, 2.05) is 12.2 Å². The van der Waals surface area contributed by atoms with Crippen LogP contribution in [0.25, 0.3) is 0 Å². The Bertz CT molecular complexity index is 705. The smallest absolute Gasteiger partial charge is 0.217 e. The van der Waals surface area contributed by atoms with Crippen molar-refractivity contribution in [3.63, 3.8) is 0 Å². The van der Waals surface area contributed by atoms with Crippen LogP contribution in [0.15, 0.2) is 24.3 Å². The van der Waals surface area contributed by atoms with Crippen molar-refractivity contribution in [2.24, 2.45) is 11.3 Å². The molecule has 0 N–H and O–H groups in total. The van der Waals surface area contributed by atoms with Crippen molar-refractivity contribution in [3.05, 3.63) is 36.0 Å². The molecule has 1 aromatic heterocycles. The van der Waals surface area contributed by atoms with Crippen molar-refractivity contribution in [2.75, 3.05) is 13.2 Å². The van der Waals surface area contributed by atoms with Gasteiger partial charge in [0.15, 0.2) is 12.0 Å². The van der Waals surface area contributed by atoms with Crippen LogP contribution >= 0.6 is 0 Å². The highest BCUT2D eigenvalue weighted by Crippen LogP contribution is 2.48. The average molecular weight is 331 g/mol. The predicted molar refractivity (Wildman–Crippen MR) is 86.4 cm³/mol. The molecule has 0 bridgehead atoms. The molecule has 0 saturated carbocycles. The maximum atomic E-state index is 14.5. The molecule has 128 valence electrons. The Morgan fingerprint density at radius 1 is 1.38 bits per heavy atom. The van der Waals surface area contributed by atoms with E-state index in [-0.39, 0.29) is 29.0 Å². The van der Waals surface area contributed by atoms with Crippen LogP contribution in [0, 0.1) is 11.3 Å².